The number of nitrogens with two attached hydrogens (primary N) is 1. The van der Waals surface area contributed by atoms with Crippen molar-refractivity contribution in [2.24, 2.45) is 10.7 Å². The highest BCUT2D eigenvalue weighted by Crippen LogP contribution is 2.09. The first-order valence-electron chi connectivity index (χ1n) is 7.25. The average molecular weight is 351 g/mol. The first-order chi connectivity index (χ1) is 11.1. The number of nitrogens with zero attached hydrogens (tertiary/aromatic N) is 1. The fraction of sp³-hybridized carbons (Fsp3) is 0.250. The van der Waals surface area contributed by atoms with Crippen molar-refractivity contribution in [2.75, 3.05) is 19.6 Å². The molecule has 0 aliphatic heterocycles. The zero-order valence-corrected chi connectivity index (χ0v) is 14.2. The second-order valence-electron chi connectivity index (χ2n) is 4.79. The summed E-state index contributed by atoms with van der Waals surface area (Å²) in [5, 5.41) is 8.42. The summed E-state index contributed by atoms with van der Waals surface area (Å²) < 4.78 is 0. The molecule has 0 aliphatic carbocycles. The number of nitrogens with one attached hydrogen (secondary N) is 2. The van der Waals surface area contributed by atoms with Crippen LogP contribution in [0.2, 0.25) is 5.02 Å². The number of carbonyl (C=O) groups is 1. The van der Waals surface area contributed by atoms with Gasteiger partial charge in [0.15, 0.2) is 5.96 Å². The molecule has 0 fully saturated rings. The molecule has 7 heteroatoms. The molecule has 2 rings (SSSR count). The summed E-state index contributed by atoms with van der Waals surface area (Å²) in [5.41, 5.74) is 6.35. The number of hydrogen-bond donors (Lipinski definition) is 3. The molecule has 1 aromatic heterocycles. The molecular weight excluding hydrogens is 332 g/mol. The lowest BCUT2D eigenvalue weighted by Crippen LogP contribution is -2.38. The lowest BCUT2D eigenvalue weighted by molar-refractivity contribution is 0.0954. The van der Waals surface area contributed by atoms with Gasteiger partial charge in [0.2, 0.25) is 0 Å². The van der Waals surface area contributed by atoms with E-state index in [0.717, 1.165) is 6.42 Å². The van der Waals surface area contributed by atoms with Crippen molar-refractivity contribution in [3.63, 3.8) is 0 Å². The van der Waals surface area contributed by atoms with Crippen molar-refractivity contribution >= 4 is 34.8 Å². The summed E-state index contributed by atoms with van der Waals surface area (Å²) in [6.45, 7) is 1.63. The third kappa shape index (κ3) is 6.30. The number of halogens is 1. The molecule has 0 saturated heterocycles. The molecule has 122 valence electrons. The van der Waals surface area contributed by atoms with Crippen LogP contribution < -0.4 is 16.4 Å². The van der Waals surface area contributed by atoms with Crippen LogP contribution in [0.3, 0.4) is 0 Å². The van der Waals surface area contributed by atoms with E-state index < -0.39 is 0 Å². The lowest BCUT2D eigenvalue weighted by Gasteiger charge is -2.07. The van der Waals surface area contributed by atoms with E-state index in [-0.39, 0.29) is 5.91 Å². The summed E-state index contributed by atoms with van der Waals surface area (Å²) in [6.07, 6.45) is 0.882. The van der Waals surface area contributed by atoms with Gasteiger partial charge in [-0.2, -0.15) is 0 Å². The minimum atomic E-state index is -0.142. The zero-order valence-electron chi connectivity index (χ0n) is 12.6. The first kappa shape index (κ1) is 17.3. The lowest BCUT2D eigenvalue weighted by atomic mass is 10.2. The molecule has 5 nitrogen and oxygen atoms in total. The van der Waals surface area contributed by atoms with Gasteiger partial charge in [-0.15, -0.1) is 11.3 Å². The van der Waals surface area contributed by atoms with Gasteiger partial charge in [-0.3, -0.25) is 9.79 Å². The van der Waals surface area contributed by atoms with Gasteiger partial charge in [0, 0.05) is 41.5 Å². The molecule has 0 unspecified atom stereocenters. The quantitative estimate of drug-likeness (QED) is 0.407. The minimum absolute atomic E-state index is 0.142. The number of carbonyl (C=O) groups excluding carboxylic acids is 1. The normalized spacial score (nSPS) is 11.3. The van der Waals surface area contributed by atoms with Crippen molar-refractivity contribution in [1.82, 2.24) is 10.6 Å². The maximum absolute atomic E-state index is 11.9. The van der Waals surface area contributed by atoms with Crippen LogP contribution in [0.4, 0.5) is 0 Å². The van der Waals surface area contributed by atoms with Crippen LogP contribution in [0.25, 0.3) is 0 Å². The summed E-state index contributed by atoms with van der Waals surface area (Å²) >= 11 is 7.50. The van der Waals surface area contributed by atoms with Crippen molar-refractivity contribution in [3.8, 4) is 0 Å². The largest absolute Gasteiger partial charge is 0.370 e. The van der Waals surface area contributed by atoms with E-state index in [2.05, 4.69) is 21.7 Å². The molecule has 1 aromatic carbocycles. The summed E-state index contributed by atoms with van der Waals surface area (Å²) in [5.74, 6) is 0.249. The van der Waals surface area contributed by atoms with Crippen LogP contribution in [0, 0.1) is 0 Å². The van der Waals surface area contributed by atoms with E-state index in [1.807, 2.05) is 11.4 Å². The van der Waals surface area contributed by atoms with Gasteiger partial charge >= 0.3 is 0 Å². The molecule has 0 saturated carbocycles. The summed E-state index contributed by atoms with van der Waals surface area (Å²) in [4.78, 5) is 17.4. The zero-order chi connectivity index (χ0) is 16.5. The van der Waals surface area contributed by atoms with Gasteiger partial charge in [-0.25, -0.2) is 0 Å². The Bertz CT molecular complexity index is 641. The number of amides is 1. The van der Waals surface area contributed by atoms with E-state index >= 15 is 0 Å². The number of rotatable bonds is 7. The van der Waals surface area contributed by atoms with Crippen LogP contribution in [0.15, 0.2) is 46.8 Å². The Morgan fingerprint density at radius 2 is 1.91 bits per heavy atom. The smallest absolute Gasteiger partial charge is 0.251 e. The Hall–Kier alpha value is -2.05. The fourth-order valence-electron chi connectivity index (χ4n) is 1.87. The van der Waals surface area contributed by atoms with Crippen LogP contribution in [-0.2, 0) is 6.42 Å². The van der Waals surface area contributed by atoms with E-state index in [0.29, 0.717) is 36.2 Å². The molecule has 1 amide bonds. The highest BCUT2D eigenvalue weighted by molar-refractivity contribution is 7.09. The highest BCUT2D eigenvalue weighted by Gasteiger charge is 2.03. The van der Waals surface area contributed by atoms with Gasteiger partial charge in [0.1, 0.15) is 0 Å². The standard InChI is InChI=1S/C16H19ClN4OS/c17-13-5-3-12(4-6-13)15(22)19-9-10-21-16(18)20-8-7-14-2-1-11-23-14/h1-6,11H,7-10H2,(H,19,22)(H3,18,20,21). The number of thiophene rings is 1. The van der Waals surface area contributed by atoms with Crippen molar-refractivity contribution in [3.05, 3.63) is 57.2 Å². The molecule has 2 aromatic rings. The van der Waals surface area contributed by atoms with Gasteiger partial charge in [-0.05, 0) is 35.7 Å². The SMILES string of the molecule is NC(=NCCc1cccs1)NCCNC(=O)c1ccc(Cl)cc1. The first-order valence-corrected chi connectivity index (χ1v) is 8.51. The molecule has 23 heavy (non-hydrogen) atoms. The van der Waals surface area contributed by atoms with Crippen molar-refractivity contribution < 1.29 is 4.79 Å². The molecule has 0 spiro atoms. The maximum Gasteiger partial charge on any atom is 0.251 e. The maximum atomic E-state index is 11.9. The Morgan fingerprint density at radius 3 is 2.61 bits per heavy atom. The Labute approximate surface area is 144 Å². The topological polar surface area (TPSA) is 79.5 Å². The highest BCUT2D eigenvalue weighted by atomic mass is 35.5. The minimum Gasteiger partial charge on any atom is -0.370 e. The van der Waals surface area contributed by atoms with E-state index in [9.17, 15) is 4.79 Å². The predicted octanol–water partition coefficient (Wildman–Crippen LogP) is 2.28. The van der Waals surface area contributed by atoms with E-state index in [1.54, 1.807) is 35.6 Å². The van der Waals surface area contributed by atoms with Gasteiger partial charge in [0.25, 0.3) is 5.91 Å². The van der Waals surface area contributed by atoms with E-state index in [4.69, 9.17) is 17.3 Å². The molecular formula is C16H19ClN4OS. The van der Waals surface area contributed by atoms with Gasteiger partial charge in [0.05, 0.1) is 0 Å². The number of benzene rings is 1. The molecule has 0 atom stereocenters. The Kier molecular flexibility index (Phi) is 6.90. The molecule has 4 N–H and O–H groups in total. The molecule has 1 heterocycles. The molecule has 0 radical (unpaired) electrons. The Balaban J connectivity index is 1.62. The second kappa shape index (κ2) is 9.17. The van der Waals surface area contributed by atoms with Crippen molar-refractivity contribution in [2.45, 2.75) is 6.42 Å². The number of aliphatic imine (C=N–C) groups is 1. The second-order valence-corrected chi connectivity index (χ2v) is 6.25. The molecule has 0 aliphatic rings. The van der Waals surface area contributed by atoms with Crippen molar-refractivity contribution in [1.29, 1.82) is 0 Å². The van der Waals surface area contributed by atoms with Crippen LogP contribution in [0.5, 0.6) is 0 Å². The molecule has 0 bridgehead atoms. The number of guanidine groups is 1. The van der Waals surface area contributed by atoms with Gasteiger partial charge in [-0.1, -0.05) is 17.7 Å². The Morgan fingerprint density at radius 1 is 1.17 bits per heavy atom. The van der Waals surface area contributed by atoms with Crippen LogP contribution in [0.1, 0.15) is 15.2 Å². The van der Waals surface area contributed by atoms with E-state index in [1.165, 1.54) is 4.88 Å². The fourth-order valence-corrected chi connectivity index (χ4v) is 2.69. The summed E-state index contributed by atoms with van der Waals surface area (Å²) in [7, 11) is 0. The predicted molar refractivity (Wildman–Crippen MR) is 96.3 cm³/mol. The monoisotopic (exact) mass is 350 g/mol. The van der Waals surface area contributed by atoms with Crippen LogP contribution in [-0.4, -0.2) is 31.5 Å². The van der Waals surface area contributed by atoms with Crippen LogP contribution >= 0.6 is 22.9 Å². The summed E-state index contributed by atoms with van der Waals surface area (Å²) in [6, 6.07) is 10.8. The third-order valence-electron chi connectivity index (χ3n) is 3.04. The average Bonchev–Trinajstić information content (AvgIpc) is 3.05. The third-order valence-corrected chi connectivity index (χ3v) is 4.23. The number of hydrogen-bond acceptors (Lipinski definition) is 3. The van der Waals surface area contributed by atoms with Gasteiger partial charge < -0.3 is 16.4 Å².